The van der Waals surface area contributed by atoms with E-state index in [0.29, 0.717) is 13.0 Å². The fourth-order valence-corrected chi connectivity index (χ4v) is 2.18. The zero-order valence-electron chi connectivity index (χ0n) is 11.6. The van der Waals surface area contributed by atoms with Crippen LogP contribution in [0.25, 0.3) is 0 Å². The third-order valence-electron chi connectivity index (χ3n) is 3.01. The van der Waals surface area contributed by atoms with Crippen molar-refractivity contribution in [1.82, 2.24) is 10.6 Å². The van der Waals surface area contributed by atoms with Crippen LogP contribution in [0.3, 0.4) is 0 Å². The second-order valence-electron chi connectivity index (χ2n) is 6.11. The molecule has 2 amide bonds. The summed E-state index contributed by atoms with van der Waals surface area (Å²) < 4.78 is 0. The highest BCUT2D eigenvalue weighted by Crippen LogP contribution is 2.23. The van der Waals surface area contributed by atoms with E-state index >= 15 is 0 Å². The SMILES string of the molecule is CC(C)(C)NC(=O)CCNC(=O)C1CCC(N)C1. The van der Waals surface area contributed by atoms with E-state index < -0.39 is 0 Å². The summed E-state index contributed by atoms with van der Waals surface area (Å²) in [6, 6.07) is 0.157. The van der Waals surface area contributed by atoms with Gasteiger partial charge < -0.3 is 16.4 Å². The van der Waals surface area contributed by atoms with E-state index in [1.165, 1.54) is 0 Å². The molecule has 1 aliphatic rings. The largest absolute Gasteiger partial charge is 0.355 e. The van der Waals surface area contributed by atoms with Crippen LogP contribution >= 0.6 is 0 Å². The lowest BCUT2D eigenvalue weighted by Crippen LogP contribution is -2.42. The van der Waals surface area contributed by atoms with Crippen LogP contribution in [0.1, 0.15) is 46.5 Å². The van der Waals surface area contributed by atoms with Gasteiger partial charge in [-0.1, -0.05) is 0 Å². The minimum Gasteiger partial charge on any atom is -0.355 e. The quantitative estimate of drug-likeness (QED) is 0.685. The Balaban J connectivity index is 2.18. The van der Waals surface area contributed by atoms with Crippen LogP contribution in [0.2, 0.25) is 0 Å². The first-order valence-corrected chi connectivity index (χ1v) is 6.62. The van der Waals surface area contributed by atoms with Crippen molar-refractivity contribution in [3.8, 4) is 0 Å². The van der Waals surface area contributed by atoms with Crippen molar-refractivity contribution in [3.63, 3.8) is 0 Å². The van der Waals surface area contributed by atoms with Crippen LogP contribution < -0.4 is 16.4 Å². The van der Waals surface area contributed by atoms with Crippen LogP contribution in [-0.2, 0) is 9.59 Å². The lowest BCUT2D eigenvalue weighted by Gasteiger charge is -2.20. The van der Waals surface area contributed by atoms with Crippen molar-refractivity contribution in [2.45, 2.75) is 58.0 Å². The van der Waals surface area contributed by atoms with Gasteiger partial charge in [-0.25, -0.2) is 0 Å². The zero-order valence-corrected chi connectivity index (χ0v) is 11.6. The number of nitrogens with two attached hydrogens (primary N) is 1. The van der Waals surface area contributed by atoms with E-state index in [4.69, 9.17) is 5.73 Å². The van der Waals surface area contributed by atoms with Gasteiger partial charge in [0, 0.05) is 30.5 Å². The van der Waals surface area contributed by atoms with Crippen molar-refractivity contribution >= 4 is 11.8 Å². The zero-order chi connectivity index (χ0) is 13.8. The fraction of sp³-hybridized carbons (Fsp3) is 0.846. The van der Waals surface area contributed by atoms with Gasteiger partial charge in [0.25, 0.3) is 0 Å². The van der Waals surface area contributed by atoms with Gasteiger partial charge in [0.2, 0.25) is 11.8 Å². The van der Waals surface area contributed by atoms with Gasteiger partial charge in [0.1, 0.15) is 0 Å². The molecule has 18 heavy (non-hydrogen) atoms. The summed E-state index contributed by atoms with van der Waals surface area (Å²) in [5.41, 5.74) is 5.54. The highest BCUT2D eigenvalue weighted by Gasteiger charge is 2.27. The molecule has 1 fully saturated rings. The molecule has 1 aliphatic carbocycles. The van der Waals surface area contributed by atoms with Crippen LogP contribution in [-0.4, -0.2) is 29.9 Å². The molecule has 0 aliphatic heterocycles. The standard InChI is InChI=1S/C13H25N3O2/c1-13(2,3)16-11(17)6-7-15-12(18)9-4-5-10(14)8-9/h9-10H,4-8,14H2,1-3H3,(H,15,18)(H,16,17). The molecule has 5 nitrogen and oxygen atoms in total. The Morgan fingerprint density at radius 1 is 1.28 bits per heavy atom. The number of amides is 2. The van der Waals surface area contributed by atoms with Crippen molar-refractivity contribution in [1.29, 1.82) is 0 Å². The number of rotatable bonds is 4. The number of nitrogens with one attached hydrogen (secondary N) is 2. The molecule has 2 unspecified atom stereocenters. The third kappa shape index (κ3) is 5.49. The Kier molecular flexibility index (Phi) is 5.14. The molecule has 0 aromatic rings. The molecule has 4 N–H and O–H groups in total. The minimum atomic E-state index is -0.223. The molecule has 0 bridgehead atoms. The van der Waals surface area contributed by atoms with E-state index in [9.17, 15) is 9.59 Å². The monoisotopic (exact) mass is 255 g/mol. The maximum Gasteiger partial charge on any atom is 0.223 e. The van der Waals surface area contributed by atoms with Crippen molar-refractivity contribution in [2.24, 2.45) is 11.7 Å². The summed E-state index contributed by atoms with van der Waals surface area (Å²) in [4.78, 5) is 23.3. The maximum absolute atomic E-state index is 11.8. The van der Waals surface area contributed by atoms with Gasteiger partial charge in [-0.3, -0.25) is 9.59 Å². The van der Waals surface area contributed by atoms with Gasteiger partial charge in [-0.2, -0.15) is 0 Å². The second kappa shape index (κ2) is 6.18. The first kappa shape index (κ1) is 15.0. The summed E-state index contributed by atoms with van der Waals surface area (Å²) >= 11 is 0. The first-order chi connectivity index (χ1) is 8.28. The second-order valence-corrected chi connectivity index (χ2v) is 6.11. The molecule has 2 atom stereocenters. The van der Waals surface area contributed by atoms with Crippen LogP contribution in [0, 0.1) is 5.92 Å². The van der Waals surface area contributed by atoms with Crippen molar-refractivity contribution in [2.75, 3.05) is 6.54 Å². The molecule has 0 heterocycles. The number of carbonyl (C=O) groups is 2. The van der Waals surface area contributed by atoms with Crippen molar-refractivity contribution in [3.05, 3.63) is 0 Å². The number of hydrogen-bond acceptors (Lipinski definition) is 3. The van der Waals surface area contributed by atoms with E-state index in [1.54, 1.807) is 0 Å². The Hall–Kier alpha value is -1.10. The first-order valence-electron chi connectivity index (χ1n) is 6.62. The van der Waals surface area contributed by atoms with Gasteiger partial charge in [0.15, 0.2) is 0 Å². The van der Waals surface area contributed by atoms with E-state index in [-0.39, 0.29) is 29.3 Å². The molecule has 104 valence electrons. The summed E-state index contributed by atoms with van der Waals surface area (Å²) in [6.07, 6.45) is 2.87. The maximum atomic E-state index is 11.8. The summed E-state index contributed by atoms with van der Waals surface area (Å²) in [5, 5.41) is 5.67. The Morgan fingerprint density at radius 2 is 1.94 bits per heavy atom. The van der Waals surface area contributed by atoms with E-state index in [2.05, 4.69) is 10.6 Å². The fourth-order valence-electron chi connectivity index (χ4n) is 2.18. The lowest BCUT2D eigenvalue weighted by atomic mass is 10.1. The molecule has 0 saturated heterocycles. The average Bonchev–Trinajstić information content (AvgIpc) is 2.62. The number of carbonyl (C=O) groups excluding carboxylic acids is 2. The van der Waals surface area contributed by atoms with Gasteiger partial charge in [-0.15, -0.1) is 0 Å². The molecule has 0 spiro atoms. The lowest BCUT2D eigenvalue weighted by molar-refractivity contribution is -0.125. The molecule has 5 heteroatoms. The highest BCUT2D eigenvalue weighted by molar-refractivity contribution is 5.81. The van der Waals surface area contributed by atoms with Crippen LogP contribution in [0.4, 0.5) is 0 Å². The van der Waals surface area contributed by atoms with Gasteiger partial charge in [0.05, 0.1) is 0 Å². The molecular formula is C13H25N3O2. The molecule has 1 saturated carbocycles. The molecular weight excluding hydrogens is 230 g/mol. The van der Waals surface area contributed by atoms with E-state index in [0.717, 1.165) is 19.3 Å². The summed E-state index contributed by atoms with van der Waals surface area (Å²) in [7, 11) is 0. The smallest absolute Gasteiger partial charge is 0.223 e. The molecule has 0 aromatic heterocycles. The third-order valence-corrected chi connectivity index (χ3v) is 3.01. The average molecular weight is 255 g/mol. The van der Waals surface area contributed by atoms with Gasteiger partial charge >= 0.3 is 0 Å². The Labute approximate surface area is 109 Å². The highest BCUT2D eigenvalue weighted by atomic mass is 16.2. The van der Waals surface area contributed by atoms with Crippen molar-refractivity contribution < 1.29 is 9.59 Å². The molecule has 0 radical (unpaired) electrons. The van der Waals surface area contributed by atoms with Crippen LogP contribution in [0.5, 0.6) is 0 Å². The molecule has 0 aromatic carbocycles. The minimum absolute atomic E-state index is 0.0330. The van der Waals surface area contributed by atoms with Gasteiger partial charge in [-0.05, 0) is 40.0 Å². The summed E-state index contributed by atoms with van der Waals surface area (Å²) in [6.45, 7) is 6.20. The Morgan fingerprint density at radius 3 is 2.44 bits per heavy atom. The predicted molar refractivity (Wildman–Crippen MR) is 70.8 cm³/mol. The Bertz CT molecular complexity index is 310. The van der Waals surface area contributed by atoms with Crippen LogP contribution in [0.15, 0.2) is 0 Å². The summed E-state index contributed by atoms with van der Waals surface area (Å²) in [5.74, 6) is 0.0307. The normalized spacial score (nSPS) is 23.8. The van der Waals surface area contributed by atoms with E-state index in [1.807, 2.05) is 20.8 Å². The predicted octanol–water partition coefficient (Wildman–Crippen LogP) is 0.535. The molecule has 1 rings (SSSR count). The number of hydrogen-bond donors (Lipinski definition) is 3. The topological polar surface area (TPSA) is 84.2 Å².